The second-order valence-corrected chi connectivity index (χ2v) is 5.82. The van der Waals surface area contributed by atoms with E-state index in [9.17, 15) is 13.6 Å². The summed E-state index contributed by atoms with van der Waals surface area (Å²) in [5.41, 5.74) is -0.470. The van der Waals surface area contributed by atoms with Gasteiger partial charge >= 0.3 is 5.97 Å². The minimum Gasteiger partial charge on any atom is -0.478 e. The van der Waals surface area contributed by atoms with Crippen molar-refractivity contribution in [3.05, 3.63) is 35.2 Å². The van der Waals surface area contributed by atoms with E-state index in [1.54, 1.807) is 0 Å². The second kappa shape index (κ2) is 4.34. The largest absolute Gasteiger partial charge is 0.478 e. The maximum absolute atomic E-state index is 13.4. The molecule has 2 aromatic rings. The van der Waals surface area contributed by atoms with E-state index in [-0.39, 0.29) is 22.8 Å². The molecule has 1 atom stereocenters. The number of halogens is 2. The smallest absolute Gasteiger partial charge is 0.336 e. The number of rotatable bonds is 3. The maximum Gasteiger partial charge on any atom is 0.336 e. The molecular formula is C14H12F2N2O3. The molecule has 5 nitrogen and oxygen atoms in total. The van der Waals surface area contributed by atoms with Crippen LogP contribution in [0.2, 0.25) is 0 Å². The number of carboxylic acid groups (broad SMARTS) is 1. The standard InChI is InChI=1S/C14H12F2N2O3/c1-14(2)5-8(14)11-17-12(21-18-11)6-3-9(15)10(16)4-7(6)13(19)20/h3-4,8H,5H2,1-2H3,(H,19,20). The molecule has 1 aromatic carbocycles. The number of nitrogens with zero attached hydrogens (tertiary/aromatic N) is 2. The molecule has 0 amide bonds. The zero-order valence-corrected chi connectivity index (χ0v) is 11.4. The topological polar surface area (TPSA) is 76.2 Å². The van der Waals surface area contributed by atoms with Crippen LogP contribution in [-0.2, 0) is 0 Å². The predicted molar refractivity (Wildman–Crippen MR) is 67.7 cm³/mol. The van der Waals surface area contributed by atoms with Gasteiger partial charge in [-0.3, -0.25) is 0 Å². The van der Waals surface area contributed by atoms with Crippen LogP contribution in [-0.4, -0.2) is 21.2 Å². The van der Waals surface area contributed by atoms with Gasteiger partial charge in [0.1, 0.15) is 0 Å². The van der Waals surface area contributed by atoms with E-state index in [0.717, 1.165) is 12.5 Å². The SMILES string of the molecule is CC1(C)CC1c1noc(-c2cc(F)c(F)cc2C(=O)O)n1. The molecule has 1 aliphatic rings. The summed E-state index contributed by atoms with van der Waals surface area (Å²) in [7, 11) is 0. The van der Waals surface area contributed by atoms with Gasteiger partial charge in [-0.25, -0.2) is 13.6 Å². The molecule has 110 valence electrons. The lowest BCUT2D eigenvalue weighted by atomic mass is 10.1. The summed E-state index contributed by atoms with van der Waals surface area (Å²) >= 11 is 0. The van der Waals surface area contributed by atoms with Crippen molar-refractivity contribution in [3.8, 4) is 11.5 Å². The number of aromatic nitrogens is 2. The van der Waals surface area contributed by atoms with Gasteiger partial charge in [-0.1, -0.05) is 19.0 Å². The predicted octanol–water partition coefficient (Wildman–Crippen LogP) is 3.23. The third kappa shape index (κ3) is 2.28. The molecule has 1 unspecified atom stereocenters. The summed E-state index contributed by atoms with van der Waals surface area (Å²) in [6.45, 7) is 4.10. The normalized spacial score (nSPS) is 19.5. The molecule has 1 aliphatic carbocycles. The summed E-state index contributed by atoms with van der Waals surface area (Å²) in [6.07, 6.45) is 0.898. The van der Waals surface area contributed by atoms with Crippen molar-refractivity contribution < 1.29 is 23.2 Å². The molecule has 1 saturated carbocycles. The molecule has 1 fully saturated rings. The van der Waals surface area contributed by atoms with Crippen LogP contribution in [0.3, 0.4) is 0 Å². The first-order valence-electron chi connectivity index (χ1n) is 6.36. The average Bonchev–Trinajstić information content (AvgIpc) is 2.85. The molecule has 0 spiro atoms. The van der Waals surface area contributed by atoms with Crippen molar-refractivity contribution in [2.45, 2.75) is 26.2 Å². The van der Waals surface area contributed by atoms with Gasteiger partial charge < -0.3 is 9.63 Å². The van der Waals surface area contributed by atoms with Crippen LogP contribution in [0.4, 0.5) is 8.78 Å². The Labute approximate surface area is 118 Å². The van der Waals surface area contributed by atoms with Crippen LogP contribution in [0.25, 0.3) is 11.5 Å². The van der Waals surface area contributed by atoms with E-state index in [1.165, 1.54) is 0 Å². The number of carboxylic acids is 1. The Morgan fingerprint density at radius 1 is 1.38 bits per heavy atom. The van der Waals surface area contributed by atoms with Gasteiger partial charge in [-0.15, -0.1) is 0 Å². The number of hydrogen-bond acceptors (Lipinski definition) is 4. The van der Waals surface area contributed by atoms with Crippen LogP contribution in [0.5, 0.6) is 0 Å². The molecule has 0 bridgehead atoms. The maximum atomic E-state index is 13.4. The van der Waals surface area contributed by atoms with E-state index in [0.29, 0.717) is 11.9 Å². The highest BCUT2D eigenvalue weighted by atomic mass is 19.2. The summed E-state index contributed by atoms with van der Waals surface area (Å²) in [5, 5.41) is 12.9. The molecule has 0 saturated heterocycles. The van der Waals surface area contributed by atoms with Crippen molar-refractivity contribution in [3.63, 3.8) is 0 Å². The van der Waals surface area contributed by atoms with Gasteiger partial charge in [0.25, 0.3) is 5.89 Å². The Hall–Kier alpha value is -2.31. The van der Waals surface area contributed by atoms with E-state index >= 15 is 0 Å². The Morgan fingerprint density at radius 3 is 2.57 bits per heavy atom. The number of aromatic carboxylic acids is 1. The molecule has 0 radical (unpaired) electrons. The van der Waals surface area contributed by atoms with Crippen molar-refractivity contribution in [1.29, 1.82) is 0 Å². The Kier molecular flexibility index (Phi) is 2.82. The van der Waals surface area contributed by atoms with Crippen LogP contribution in [0.15, 0.2) is 16.7 Å². The van der Waals surface area contributed by atoms with Gasteiger partial charge in [-0.05, 0) is 24.0 Å². The fraction of sp³-hybridized carbons (Fsp3) is 0.357. The Bertz CT molecular complexity index is 740. The first-order valence-corrected chi connectivity index (χ1v) is 6.36. The molecule has 7 heteroatoms. The van der Waals surface area contributed by atoms with E-state index in [4.69, 9.17) is 9.63 Å². The zero-order chi connectivity index (χ0) is 15.4. The van der Waals surface area contributed by atoms with Crippen LogP contribution < -0.4 is 0 Å². The van der Waals surface area contributed by atoms with Crippen LogP contribution in [0.1, 0.15) is 42.4 Å². The van der Waals surface area contributed by atoms with Gasteiger partial charge in [0.2, 0.25) is 0 Å². The molecule has 1 aromatic heterocycles. The van der Waals surface area contributed by atoms with Gasteiger partial charge in [-0.2, -0.15) is 4.98 Å². The van der Waals surface area contributed by atoms with E-state index in [1.807, 2.05) is 13.8 Å². The lowest BCUT2D eigenvalue weighted by molar-refractivity contribution is 0.0696. The third-order valence-electron chi connectivity index (χ3n) is 3.79. The van der Waals surface area contributed by atoms with Crippen molar-refractivity contribution in [2.75, 3.05) is 0 Å². The van der Waals surface area contributed by atoms with Gasteiger partial charge in [0.15, 0.2) is 17.5 Å². The van der Waals surface area contributed by atoms with Gasteiger partial charge in [0, 0.05) is 5.92 Å². The zero-order valence-electron chi connectivity index (χ0n) is 11.4. The minimum absolute atomic E-state index is 0.0742. The van der Waals surface area contributed by atoms with Crippen molar-refractivity contribution in [2.24, 2.45) is 5.41 Å². The Morgan fingerprint density at radius 2 is 2.00 bits per heavy atom. The number of hydrogen-bond donors (Lipinski definition) is 1. The highest BCUT2D eigenvalue weighted by Crippen LogP contribution is 2.57. The summed E-state index contributed by atoms with van der Waals surface area (Å²) in [5.74, 6) is -3.33. The molecule has 21 heavy (non-hydrogen) atoms. The first kappa shape index (κ1) is 13.7. The summed E-state index contributed by atoms with van der Waals surface area (Å²) in [4.78, 5) is 15.3. The van der Waals surface area contributed by atoms with Crippen LogP contribution >= 0.6 is 0 Å². The van der Waals surface area contributed by atoms with E-state index < -0.39 is 23.2 Å². The fourth-order valence-electron chi connectivity index (χ4n) is 2.29. The monoisotopic (exact) mass is 294 g/mol. The number of carbonyl (C=O) groups is 1. The highest BCUT2D eigenvalue weighted by molar-refractivity contribution is 5.94. The first-order chi connectivity index (χ1) is 9.79. The van der Waals surface area contributed by atoms with Gasteiger partial charge in [0.05, 0.1) is 11.1 Å². The molecule has 0 aliphatic heterocycles. The molecular weight excluding hydrogens is 282 g/mol. The minimum atomic E-state index is -1.39. The lowest BCUT2D eigenvalue weighted by Crippen LogP contribution is -2.02. The third-order valence-corrected chi connectivity index (χ3v) is 3.79. The number of benzene rings is 1. The molecule has 1 N–H and O–H groups in total. The summed E-state index contributed by atoms with van der Waals surface area (Å²) < 4.78 is 31.5. The highest BCUT2D eigenvalue weighted by Gasteiger charge is 2.49. The molecule has 3 rings (SSSR count). The van der Waals surface area contributed by atoms with Crippen molar-refractivity contribution in [1.82, 2.24) is 10.1 Å². The quantitative estimate of drug-likeness (QED) is 0.940. The average molecular weight is 294 g/mol. The van der Waals surface area contributed by atoms with Crippen molar-refractivity contribution >= 4 is 5.97 Å². The summed E-state index contributed by atoms with van der Waals surface area (Å²) in [6, 6.07) is 1.37. The molecule has 1 heterocycles. The fourth-order valence-corrected chi connectivity index (χ4v) is 2.29. The van der Waals surface area contributed by atoms with E-state index in [2.05, 4.69) is 10.1 Å². The van der Waals surface area contributed by atoms with Crippen LogP contribution in [0, 0.1) is 17.0 Å². The second-order valence-electron chi connectivity index (χ2n) is 5.82. The Balaban J connectivity index is 2.04. The lowest BCUT2D eigenvalue weighted by Gasteiger charge is -2.02.